The molecule has 1 aromatic heterocycles. The lowest BCUT2D eigenvalue weighted by Crippen LogP contribution is -2.30. The highest BCUT2D eigenvalue weighted by Gasteiger charge is 2.21. The van der Waals surface area contributed by atoms with E-state index in [2.05, 4.69) is 24.1 Å². The molecule has 2 rings (SSSR count). The van der Waals surface area contributed by atoms with Crippen LogP contribution in [0.2, 0.25) is 0 Å². The monoisotopic (exact) mass is 561 g/mol. The van der Waals surface area contributed by atoms with Crippen LogP contribution in [0.4, 0.5) is 4.79 Å². The van der Waals surface area contributed by atoms with Crippen molar-refractivity contribution >= 4 is 28.0 Å². The number of carbonyl (C=O) groups is 3. The number of nitrogens with zero attached hydrogens (tertiary/aromatic N) is 1. The summed E-state index contributed by atoms with van der Waals surface area (Å²) in [6.45, 7) is 10.4. The fourth-order valence-electron chi connectivity index (χ4n) is 3.55. The Labute approximate surface area is 230 Å². The third-order valence-electron chi connectivity index (χ3n) is 5.90. The average Bonchev–Trinajstić information content (AvgIpc) is 2.87. The minimum absolute atomic E-state index is 0.00799. The van der Waals surface area contributed by atoms with E-state index >= 15 is 0 Å². The van der Waals surface area contributed by atoms with E-state index in [1.54, 1.807) is 12.1 Å². The van der Waals surface area contributed by atoms with Gasteiger partial charge in [0.25, 0.3) is 15.9 Å². The van der Waals surface area contributed by atoms with E-state index in [-0.39, 0.29) is 34.3 Å². The van der Waals surface area contributed by atoms with E-state index in [1.807, 2.05) is 25.5 Å². The quantitative estimate of drug-likeness (QED) is 0.318. The molecule has 39 heavy (non-hydrogen) atoms. The predicted molar refractivity (Wildman–Crippen MR) is 147 cm³/mol. The number of hydrogen-bond donors (Lipinski definition) is 2. The highest BCUT2D eigenvalue weighted by Crippen LogP contribution is 2.16. The molecule has 0 saturated carbocycles. The second kappa shape index (κ2) is 15.2. The van der Waals surface area contributed by atoms with Crippen molar-refractivity contribution in [3.8, 4) is 5.88 Å². The van der Waals surface area contributed by atoms with Crippen molar-refractivity contribution < 1.29 is 32.3 Å². The van der Waals surface area contributed by atoms with Gasteiger partial charge in [-0.1, -0.05) is 53.2 Å². The molecule has 1 atom stereocenters. The van der Waals surface area contributed by atoms with Crippen LogP contribution in [0.15, 0.2) is 47.5 Å². The third-order valence-corrected chi connectivity index (χ3v) is 7.24. The zero-order chi connectivity index (χ0) is 29.0. The van der Waals surface area contributed by atoms with Crippen LogP contribution in [0.1, 0.15) is 76.2 Å². The third kappa shape index (κ3) is 11.0. The Morgan fingerprint density at radius 1 is 0.974 bits per heavy atom. The fraction of sp³-hybridized carbons (Fsp3) is 0.500. The minimum atomic E-state index is -4.13. The summed E-state index contributed by atoms with van der Waals surface area (Å²) in [5, 5.41) is 2.85. The van der Waals surface area contributed by atoms with Gasteiger partial charge in [0, 0.05) is 25.2 Å². The lowest BCUT2D eigenvalue weighted by Gasteiger charge is -2.19. The lowest BCUT2D eigenvalue weighted by molar-refractivity contribution is -0.121. The molecule has 0 radical (unpaired) electrons. The number of benzene rings is 1. The van der Waals surface area contributed by atoms with Crippen LogP contribution in [0.3, 0.4) is 0 Å². The molecule has 0 spiro atoms. The second-order valence-electron chi connectivity index (χ2n) is 10.0. The van der Waals surface area contributed by atoms with E-state index in [0.717, 1.165) is 24.6 Å². The Morgan fingerprint density at radius 2 is 1.67 bits per heavy atom. The standard InChI is InChI=1S/C28H39N3O7S/c1-6-7-24(20(4)5)37-28(34)38-26-15-11-22(18-30-26)27(33)31-39(35,36)23-12-9-21(10-13-23)16-17-29-25(32)14-8-19(2)3/h9-13,15,18-20,24H,6-8,14,16-17H2,1-5H3,(H,29,32)(H,31,33). The number of amides is 2. The number of carbonyl (C=O) groups excluding carboxylic acids is 3. The van der Waals surface area contributed by atoms with Crippen molar-refractivity contribution in [3.63, 3.8) is 0 Å². The first-order chi connectivity index (χ1) is 18.4. The summed E-state index contributed by atoms with van der Waals surface area (Å²) in [5.41, 5.74) is 0.812. The van der Waals surface area contributed by atoms with Gasteiger partial charge in [0.15, 0.2) is 0 Å². The SMILES string of the molecule is CCCC(OC(=O)Oc1ccc(C(=O)NS(=O)(=O)c2ccc(CCNC(=O)CCC(C)C)cc2)cn1)C(C)C. The molecule has 0 aliphatic rings. The minimum Gasteiger partial charge on any atom is -0.430 e. The van der Waals surface area contributed by atoms with Crippen LogP contribution in [0.5, 0.6) is 5.88 Å². The van der Waals surface area contributed by atoms with Gasteiger partial charge in [0.05, 0.1) is 10.5 Å². The van der Waals surface area contributed by atoms with E-state index in [4.69, 9.17) is 9.47 Å². The maximum Gasteiger partial charge on any atom is 0.515 e. The van der Waals surface area contributed by atoms with E-state index in [9.17, 15) is 22.8 Å². The molecule has 0 aliphatic heterocycles. The van der Waals surface area contributed by atoms with Crippen LogP contribution in [0, 0.1) is 11.8 Å². The maximum atomic E-state index is 12.7. The molecule has 0 saturated heterocycles. The highest BCUT2D eigenvalue weighted by atomic mass is 32.2. The summed E-state index contributed by atoms with van der Waals surface area (Å²) >= 11 is 0. The van der Waals surface area contributed by atoms with Crippen molar-refractivity contribution in [2.24, 2.45) is 11.8 Å². The summed E-state index contributed by atoms with van der Waals surface area (Å²) in [4.78, 5) is 40.2. The summed E-state index contributed by atoms with van der Waals surface area (Å²) in [6.07, 6.45) is 3.33. The Balaban J connectivity index is 1.89. The van der Waals surface area contributed by atoms with E-state index in [1.165, 1.54) is 24.3 Å². The second-order valence-corrected chi connectivity index (χ2v) is 11.7. The first-order valence-electron chi connectivity index (χ1n) is 13.2. The smallest absolute Gasteiger partial charge is 0.430 e. The number of sulfonamides is 1. The predicted octanol–water partition coefficient (Wildman–Crippen LogP) is 4.64. The normalized spacial score (nSPS) is 12.2. The Hall–Kier alpha value is -3.47. The molecule has 1 heterocycles. The fourth-order valence-corrected chi connectivity index (χ4v) is 4.52. The van der Waals surface area contributed by atoms with Crippen molar-refractivity contribution in [2.45, 2.75) is 77.7 Å². The van der Waals surface area contributed by atoms with Gasteiger partial charge in [-0.3, -0.25) is 9.59 Å². The molecule has 0 fully saturated rings. The number of aromatic nitrogens is 1. The number of ether oxygens (including phenoxy) is 2. The summed E-state index contributed by atoms with van der Waals surface area (Å²) in [6, 6.07) is 8.64. The van der Waals surface area contributed by atoms with Crippen molar-refractivity contribution in [3.05, 3.63) is 53.7 Å². The topological polar surface area (TPSA) is 141 Å². The van der Waals surface area contributed by atoms with E-state index in [0.29, 0.717) is 31.7 Å². The maximum absolute atomic E-state index is 12.7. The van der Waals surface area contributed by atoms with Crippen LogP contribution in [-0.2, 0) is 26.0 Å². The van der Waals surface area contributed by atoms with Gasteiger partial charge >= 0.3 is 6.16 Å². The molecule has 214 valence electrons. The average molecular weight is 562 g/mol. The zero-order valence-electron chi connectivity index (χ0n) is 23.2. The van der Waals surface area contributed by atoms with Crippen molar-refractivity contribution in [2.75, 3.05) is 6.54 Å². The number of rotatable bonds is 14. The Kier molecular flexibility index (Phi) is 12.4. The Morgan fingerprint density at radius 3 is 2.23 bits per heavy atom. The molecule has 10 nitrogen and oxygen atoms in total. The molecule has 2 aromatic rings. The molecule has 0 aliphatic carbocycles. The summed E-state index contributed by atoms with van der Waals surface area (Å²) < 4.78 is 37.8. The molecular weight excluding hydrogens is 522 g/mol. The first-order valence-corrected chi connectivity index (χ1v) is 14.7. The number of pyridine rings is 1. The highest BCUT2D eigenvalue weighted by molar-refractivity contribution is 7.90. The molecule has 1 aromatic carbocycles. The first kappa shape index (κ1) is 31.7. The van der Waals surface area contributed by atoms with Crippen LogP contribution >= 0.6 is 0 Å². The van der Waals surface area contributed by atoms with Crippen LogP contribution in [-0.4, -0.2) is 44.0 Å². The van der Waals surface area contributed by atoms with Crippen molar-refractivity contribution in [1.29, 1.82) is 0 Å². The Bertz CT molecular complexity index is 1190. The summed E-state index contributed by atoms with van der Waals surface area (Å²) in [5.74, 6) is -0.384. The molecular formula is C28H39N3O7S. The molecule has 2 N–H and O–H groups in total. The van der Waals surface area contributed by atoms with Gasteiger partial charge in [-0.25, -0.2) is 22.9 Å². The number of nitrogens with one attached hydrogen (secondary N) is 2. The van der Waals surface area contributed by atoms with Gasteiger partial charge in [-0.05, 0) is 54.9 Å². The molecule has 0 bridgehead atoms. The van der Waals surface area contributed by atoms with Crippen LogP contribution < -0.4 is 14.8 Å². The molecule has 11 heteroatoms. The number of hydrogen-bond acceptors (Lipinski definition) is 8. The summed E-state index contributed by atoms with van der Waals surface area (Å²) in [7, 11) is -4.13. The van der Waals surface area contributed by atoms with Gasteiger partial charge < -0.3 is 14.8 Å². The van der Waals surface area contributed by atoms with Crippen molar-refractivity contribution in [1.82, 2.24) is 15.0 Å². The van der Waals surface area contributed by atoms with Gasteiger partial charge in [0.2, 0.25) is 11.8 Å². The van der Waals surface area contributed by atoms with Gasteiger partial charge in [0.1, 0.15) is 6.10 Å². The largest absolute Gasteiger partial charge is 0.515 e. The lowest BCUT2D eigenvalue weighted by atomic mass is 10.0. The van der Waals surface area contributed by atoms with E-state index < -0.39 is 22.1 Å². The van der Waals surface area contributed by atoms with Crippen LogP contribution in [0.25, 0.3) is 0 Å². The van der Waals surface area contributed by atoms with Gasteiger partial charge in [-0.2, -0.15) is 0 Å². The zero-order valence-corrected chi connectivity index (χ0v) is 24.0. The van der Waals surface area contributed by atoms with Gasteiger partial charge in [-0.15, -0.1) is 0 Å². The molecule has 1 unspecified atom stereocenters. The molecule has 2 amide bonds.